The van der Waals surface area contributed by atoms with Gasteiger partial charge >= 0.3 is 0 Å². The van der Waals surface area contributed by atoms with Crippen LogP contribution in [0.15, 0.2) is 11.8 Å². The molecule has 1 amide bonds. The van der Waals surface area contributed by atoms with Crippen LogP contribution in [0.25, 0.3) is 0 Å². The Hall–Kier alpha value is -1.51. The summed E-state index contributed by atoms with van der Waals surface area (Å²) in [5, 5.41) is 60.7. The molecule has 0 aromatic heterocycles. The van der Waals surface area contributed by atoms with E-state index in [2.05, 4.69) is 16.0 Å². The van der Waals surface area contributed by atoms with Gasteiger partial charge in [-0.25, -0.2) is 0 Å². The van der Waals surface area contributed by atoms with Crippen molar-refractivity contribution < 1.29 is 49.3 Å². The predicted octanol–water partition coefficient (Wildman–Crippen LogP) is -5.36. The third-order valence-electron chi connectivity index (χ3n) is 7.63. The van der Waals surface area contributed by atoms with Crippen LogP contribution in [0.2, 0.25) is 0 Å². The quantitative estimate of drug-likeness (QED) is 0.0891. The van der Waals surface area contributed by atoms with Gasteiger partial charge in [0.25, 0.3) is 0 Å². The summed E-state index contributed by atoms with van der Waals surface area (Å²) in [7, 11) is 1.57. The van der Waals surface area contributed by atoms with E-state index in [1.54, 1.807) is 7.05 Å². The molecule has 6 unspecified atom stereocenters. The zero-order valence-electron chi connectivity index (χ0n) is 23.6. The zero-order chi connectivity index (χ0) is 30.3. The molecule has 3 rings (SSSR count). The highest BCUT2D eigenvalue weighted by Gasteiger charge is 2.51. The number of nitrogens with one attached hydrogen (secondary N) is 3. The van der Waals surface area contributed by atoms with Crippen molar-refractivity contribution in [3.63, 3.8) is 0 Å². The van der Waals surface area contributed by atoms with E-state index in [1.165, 1.54) is 6.92 Å². The molecule has 0 radical (unpaired) electrons. The Bertz CT molecular complexity index is 869. The molecule has 41 heavy (non-hydrogen) atoms. The molecule has 0 spiro atoms. The summed E-state index contributed by atoms with van der Waals surface area (Å²) < 4.78 is 23.7. The molecule has 1 saturated heterocycles. The molecule has 0 aromatic rings. The van der Waals surface area contributed by atoms with Crippen LogP contribution < -0.4 is 33.2 Å². The highest BCUT2D eigenvalue weighted by molar-refractivity contribution is 5.80. The predicted molar refractivity (Wildman–Crippen MR) is 145 cm³/mol. The van der Waals surface area contributed by atoms with Crippen LogP contribution in [-0.2, 0) is 23.7 Å². The van der Waals surface area contributed by atoms with Crippen LogP contribution in [0.3, 0.4) is 0 Å². The van der Waals surface area contributed by atoms with Gasteiger partial charge in [-0.1, -0.05) is 0 Å². The highest BCUT2D eigenvalue weighted by Crippen LogP contribution is 2.32. The first kappa shape index (κ1) is 34.0. The van der Waals surface area contributed by atoms with E-state index in [0.717, 1.165) is 0 Å². The number of likely N-dealkylation sites (N-methyl/N-ethyl adjacent to an activating group) is 1. The van der Waals surface area contributed by atoms with Gasteiger partial charge in [-0.05, 0) is 45.9 Å². The molecule has 238 valence electrons. The van der Waals surface area contributed by atoms with Gasteiger partial charge in [0.1, 0.15) is 41.9 Å². The molecule has 0 bridgehead atoms. The normalized spacial score (nSPS) is 40.4. The fraction of sp³-hybridized carbons (Fsp3) is 0.880. The topological polar surface area (TPSA) is 269 Å². The van der Waals surface area contributed by atoms with Crippen LogP contribution in [0.4, 0.5) is 0 Å². The van der Waals surface area contributed by atoms with E-state index >= 15 is 0 Å². The Morgan fingerprint density at radius 1 is 1.20 bits per heavy atom. The van der Waals surface area contributed by atoms with Gasteiger partial charge in [0.15, 0.2) is 6.29 Å². The summed E-state index contributed by atoms with van der Waals surface area (Å²) in [6, 6.07) is -3.12. The van der Waals surface area contributed by atoms with Gasteiger partial charge in [-0.3, -0.25) is 4.79 Å². The molecular weight excluding hydrogens is 544 g/mol. The minimum absolute atomic E-state index is 0.0216. The van der Waals surface area contributed by atoms with Gasteiger partial charge in [0.2, 0.25) is 12.2 Å². The summed E-state index contributed by atoms with van der Waals surface area (Å²) in [5.74, 6) is -0.170. The first-order valence-electron chi connectivity index (χ1n) is 14.0. The van der Waals surface area contributed by atoms with E-state index in [-0.39, 0.29) is 32.6 Å². The summed E-state index contributed by atoms with van der Waals surface area (Å²) in [4.78, 5) is 12.7. The number of nitrogens with two attached hydrogens (primary N) is 3. The van der Waals surface area contributed by atoms with Crippen molar-refractivity contribution in [2.24, 2.45) is 17.2 Å². The molecule has 1 aliphatic carbocycles. The van der Waals surface area contributed by atoms with E-state index in [1.807, 2.05) is 6.08 Å². The molecule has 3 aliphatic rings. The second kappa shape index (κ2) is 15.3. The van der Waals surface area contributed by atoms with Crippen molar-refractivity contribution in [1.82, 2.24) is 16.0 Å². The van der Waals surface area contributed by atoms with Crippen molar-refractivity contribution in [2.75, 3.05) is 39.9 Å². The van der Waals surface area contributed by atoms with Gasteiger partial charge in [-0.2, -0.15) is 0 Å². The summed E-state index contributed by atoms with van der Waals surface area (Å²) in [5.41, 5.74) is 16.7. The van der Waals surface area contributed by atoms with E-state index in [4.69, 9.17) is 41.3 Å². The first-order valence-corrected chi connectivity index (χ1v) is 14.0. The number of hydrogen-bond donors (Lipinski definition) is 11. The van der Waals surface area contributed by atoms with Crippen LogP contribution in [-0.4, -0.2) is 144 Å². The third kappa shape index (κ3) is 8.54. The first-order chi connectivity index (χ1) is 19.4. The smallest absolute Gasteiger partial charge is 0.249 e. The number of rotatable bonds is 13. The molecule has 0 aromatic carbocycles. The number of carbonyl (C=O) groups is 1. The van der Waals surface area contributed by atoms with E-state index in [9.17, 15) is 25.2 Å². The SMILES string of the molecule is CNC1C(O)[C@@H](O[C@H]2C(NC(=O)[C@@H](O)CCN)C[C@H](N)C(O[C@H]3OC(CNCCO)=CCC3N)C2O)OC[C@]1(C)O. The summed E-state index contributed by atoms with van der Waals surface area (Å²) in [6.45, 7) is 2.07. The number of ether oxygens (including phenoxy) is 4. The van der Waals surface area contributed by atoms with Crippen molar-refractivity contribution >= 4 is 5.91 Å². The standard InChI is InChI=1S/C25H48N6O10/c1-25(37)11-38-24(18(35)21(25)29-2)41-20-15(31-22(36)16(33)5-6-26)9-14(28)19(17(20)34)40-23-13(27)4-3-12(39-23)10-30-7-8-32/h3,13-21,23-24,29-30,32-35,37H,4-11,26-28H2,1-2H3,(H,31,36)/t13?,14-,15?,16-,17?,18?,19?,20-,21?,23+,24+,25-/m0/s1. The van der Waals surface area contributed by atoms with Crippen molar-refractivity contribution in [3.05, 3.63) is 11.8 Å². The van der Waals surface area contributed by atoms with Crippen LogP contribution in [0.5, 0.6) is 0 Å². The molecule has 2 fully saturated rings. The average Bonchev–Trinajstić information content (AvgIpc) is 2.91. The van der Waals surface area contributed by atoms with Gasteiger partial charge in [0.05, 0.1) is 37.9 Å². The number of amides is 1. The molecule has 16 nitrogen and oxygen atoms in total. The van der Waals surface area contributed by atoms with Gasteiger partial charge in [-0.15, -0.1) is 0 Å². The second-order valence-electron chi connectivity index (χ2n) is 11.0. The number of aliphatic hydroxyl groups excluding tert-OH is 4. The lowest BCUT2D eigenvalue weighted by Crippen LogP contribution is -2.69. The van der Waals surface area contributed by atoms with Crippen molar-refractivity contribution in [2.45, 2.75) is 99.1 Å². The van der Waals surface area contributed by atoms with Crippen LogP contribution in [0.1, 0.15) is 26.2 Å². The molecule has 12 atom stereocenters. The molecule has 16 heteroatoms. The summed E-state index contributed by atoms with van der Waals surface area (Å²) in [6.07, 6.45) is -6.40. The minimum Gasteiger partial charge on any atom is -0.467 e. The fourth-order valence-electron chi connectivity index (χ4n) is 5.38. The molecule has 2 aliphatic heterocycles. The molecule has 14 N–H and O–H groups in total. The lowest BCUT2D eigenvalue weighted by atomic mass is 9.83. The zero-order valence-corrected chi connectivity index (χ0v) is 23.6. The Kier molecular flexibility index (Phi) is 12.7. The average molecular weight is 593 g/mol. The van der Waals surface area contributed by atoms with Crippen molar-refractivity contribution in [3.8, 4) is 0 Å². The maximum atomic E-state index is 12.7. The van der Waals surface area contributed by atoms with Crippen LogP contribution in [0, 0.1) is 0 Å². The molecule has 1 saturated carbocycles. The van der Waals surface area contributed by atoms with Gasteiger partial charge < -0.3 is 77.6 Å². The lowest BCUT2D eigenvalue weighted by Gasteiger charge is -2.48. The molecular formula is C25H48N6O10. The molecule has 2 heterocycles. The number of carbonyl (C=O) groups excluding carboxylic acids is 1. The number of hydrogen-bond acceptors (Lipinski definition) is 15. The lowest BCUT2D eigenvalue weighted by molar-refractivity contribution is -0.304. The summed E-state index contributed by atoms with van der Waals surface area (Å²) >= 11 is 0. The van der Waals surface area contributed by atoms with Gasteiger partial charge in [0, 0.05) is 12.6 Å². The highest BCUT2D eigenvalue weighted by atomic mass is 16.7. The maximum Gasteiger partial charge on any atom is 0.249 e. The number of aliphatic hydroxyl groups is 5. The Balaban J connectivity index is 1.79. The van der Waals surface area contributed by atoms with Crippen LogP contribution >= 0.6 is 0 Å². The monoisotopic (exact) mass is 592 g/mol. The van der Waals surface area contributed by atoms with E-state index < -0.39 is 78.8 Å². The largest absolute Gasteiger partial charge is 0.467 e. The Morgan fingerprint density at radius 2 is 1.90 bits per heavy atom. The Labute approximate surface area is 239 Å². The second-order valence-corrected chi connectivity index (χ2v) is 11.0. The third-order valence-corrected chi connectivity index (χ3v) is 7.63. The fourth-order valence-corrected chi connectivity index (χ4v) is 5.38. The van der Waals surface area contributed by atoms with E-state index in [0.29, 0.717) is 25.3 Å². The maximum absolute atomic E-state index is 12.7. The van der Waals surface area contributed by atoms with Crippen molar-refractivity contribution in [1.29, 1.82) is 0 Å². The minimum atomic E-state index is -1.46. The Morgan fingerprint density at radius 3 is 2.56 bits per heavy atom.